The van der Waals surface area contributed by atoms with Gasteiger partial charge < -0.3 is 5.73 Å². The molecule has 0 spiro atoms. The zero-order chi connectivity index (χ0) is 8.57. The zero-order valence-electron chi connectivity index (χ0n) is 6.32. The lowest BCUT2D eigenvalue weighted by Crippen LogP contribution is -2.01. The van der Waals surface area contributed by atoms with Gasteiger partial charge in [-0.25, -0.2) is 0 Å². The topological polar surface area (TPSA) is 83.6 Å². The van der Waals surface area contributed by atoms with Gasteiger partial charge in [-0.1, -0.05) is 13.8 Å². The van der Waals surface area contributed by atoms with Crippen molar-refractivity contribution in [3.8, 4) is 0 Å². The SMILES string of the molecule is CC(C)CCN.O=[P+](O)O. The monoisotopic (exact) mass is 168 g/mol. The van der Waals surface area contributed by atoms with Crippen LogP contribution in [0.25, 0.3) is 0 Å². The lowest BCUT2D eigenvalue weighted by Gasteiger charge is -1.96. The van der Waals surface area contributed by atoms with E-state index >= 15 is 0 Å². The van der Waals surface area contributed by atoms with Crippen LogP contribution in [0, 0.1) is 5.92 Å². The van der Waals surface area contributed by atoms with E-state index in [0.717, 1.165) is 18.9 Å². The first-order valence-corrected chi connectivity index (χ1v) is 4.22. The third-order valence-electron chi connectivity index (χ3n) is 0.744. The van der Waals surface area contributed by atoms with Crippen molar-refractivity contribution in [2.75, 3.05) is 6.54 Å². The number of hydrogen-bond donors (Lipinski definition) is 3. The Kier molecular flexibility index (Phi) is 11.3. The molecule has 0 aliphatic heterocycles. The second-order valence-electron chi connectivity index (χ2n) is 2.22. The molecular formula is C5H15NO3P+. The van der Waals surface area contributed by atoms with Crippen molar-refractivity contribution < 1.29 is 14.4 Å². The molecule has 0 rings (SSSR count). The summed E-state index contributed by atoms with van der Waals surface area (Å²) >= 11 is 0. The molecule has 0 unspecified atom stereocenters. The number of hydrogen-bond acceptors (Lipinski definition) is 2. The van der Waals surface area contributed by atoms with Crippen molar-refractivity contribution in [1.29, 1.82) is 0 Å². The molecule has 0 saturated carbocycles. The van der Waals surface area contributed by atoms with E-state index in [-0.39, 0.29) is 0 Å². The van der Waals surface area contributed by atoms with E-state index in [1.807, 2.05) is 0 Å². The van der Waals surface area contributed by atoms with Gasteiger partial charge in [0.05, 0.1) is 0 Å². The fourth-order valence-electron chi connectivity index (χ4n) is 0.333. The first-order chi connectivity index (χ1) is 4.50. The maximum Gasteiger partial charge on any atom is 0.692 e. The Bertz CT molecular complexity index is 83.0. The van der Waals surface area contributed by atoms with E-state index in [0.29, 0.717) is 0 Å². The Morgan fingerprint density at radius 1 is 1.50 bits per heavy atom. The summed E-state index contributed by atoms with van der Waals surface area (Å²) in [6.07, 6.45) is 1.15. The minimum Gasteiger partial charge on any atom is -0.330 e. The van der Waals surface area contributed by atoms with E-state index in [1.165, 1.54) is 0 Å². The van der Waals surface area contributed by atoms with Crippen molar-refractivity contribution in [2.45, 2.75) is 20.3 Å². The molecule has 5 heteroatoms. The minimum absolute atomic E-state index is 0.773. The van der Waals surface area contributed by atoms with Gasteiger partial charge in [-0.3, -0.25) is 0 Å². The zero-order valence-corrected chi connectivity index (χ0v) is 7.21. The summed E-state index contributed by atoms with van der Waals surface area (Å²) in [5.41, 5.74) is 5.23. The van der Waals surface area contributed by atoms with Crippen molar-refractivity contribution in [3.05, 3.63) is 0 Å². The van der Waals surface area contributed by atoms with Gasteiger partial charge in [-0.05, 0) is 18.9 Å². The molecule has 0 heterocycles. The van der Waals surface area contributed by atoms with Gasteiger partial charge >= 0.3 is 8.25 Å². The molecule has 0 aliphatic carbocycles. The highest BCUT2D eigenvalue weighted by Gasteiger charge is 1.93. The highest BCUT2D eigenvalue weighted by molar-refractivity contribution is 7.30. The molecule has 0 aromatic carbocycles. The van der Waals surface area contributed by atoms with Gasteiger partial charge in [0.2, 0.25) is 0 Å². The average Bonchev–Trinajstić information content (AvgIpc) is 1.62. The molecular weight excluding hydrogens is 153 g/mol. The summed E-state index contributed by atoms with van der Waals surface area (Å²) in [5.74, 6) is 0.773. The van der Waals surface area contributed by atoms with Gasteiger partial charge in [0, 0.05) is 4.57 Å². The smallest absolute Gasteiger partial charge is 0.330 e. The van der Waals surface area contributed by atoms with Crippen LogP contribution < -0.4 is 5.73 Å². The summed E-state index contributed by atoms with van der Waals surface area (Å²) in [4.78, 5) is 14.2. The molecule has 0 aliphatic rings. The molecule has 0 atom stereocenters. The summed E-state index contributed by atoms with van der Waals surface area (Å²) in [5, 5.41) is 0. The molecule has 10 heavy (non-hydrogen) atoms. The number of nitrogens with two attached hydrogens (primary N) is 1. The van der Waals surface area contributed by atoms with Crippen LogP contribution in [0.15, 0.2) is 0 Å². The normalized spacial score (nSPS) is 8.60. The summed E-state index contributed by atoms with van der Waals surface area (Å²) in [7, 11) is -2.87. The fraction of sp³-hybridized carbons (Fsp3) is 1.00. The average molecular weight is 168 g/mol. The van der Waals surface area contributed by atoms with E-state index in [1.54, 1.807) is 0 Å². The van der Waals surface area contributed by atoms with E-state index in [9.17, 15) is 0 Å². The van der Waals surface area contributed by atoms with E-state index < -0.39 is 8.25 Å². The van der Waals surface area contributed by atoms with Crippen LogP contribution in [0.1, 0.15) is 20.3 Å². The van der Waals surface area contributed by atoms with Gasteiger partial charge in [0.15, 0.2) is 0 Å². The third kappa shape index (κ3) is 43.8. The lowest BCUT2D eigenvalue weighted by molar-refractivity contribution is 0.405. The number of rotatable bonds is 2. The van der Waals surface area contributed by atoms with Gasteiger partial charge in [0.1, 0.15) is 0 Å². The van der Waals surface area contributed by atoms with Crippen LogP contribution in [0.2, 0.25) is 0 Å². The maximum absolute atomic E-state index is 8.70. The molecule has 4 N–H and O–H groups in total. The first kappa shape index (κ1) is 12.6. The maximum atomic E-state index is 8.70. The van der Waals surface area contributed by atoms with Gasteiger partial charge in [-0.15, -0.1) is 9.79 Å². The predicted octanol–water partition coefficient (Wildman–Crippen LogP) is 0.620. The van der Waals surface area contributed by atoms with Crippen molar-refractivity contribution in [1.82, 2.24) is 0 Å². The van der Waals surface area contributed by atoms with Gasteiger partial charge in [0.25, 0.3) is 0 Å². The Hall–Kier alpha value is -0.0200. The Balaban J connectivity index is 0. The highest BCUT2D eigenvalue weighted by atomic mass is 31.1. The van der Waals surface area contributed by atoms with Crippen molar-refractivity contribution >= 4 is 8.25 Å². The van der Waals surface area contributed by atoms with Crippen LogP contribution in [0.5, 0.6) is 0 Å². The molecule has 4 nitrogen and oxygen atoms in total. The van der Waals surface area contributed by atoms with Crippen molar-refractivity contribution in [2.24, 2.45) is 11.7 Å². The largest absolute Gasteiger partial charge is 0.692 e. The predicted molar refractivity (Wildman–Crippen MR) is 40.6 cm³/mol. The molecule has 0 saturated heterocycles. The molecule has 0 radical (unpaired) electrons. The lowest BCUT2D eigenvalue weighted by atomic mass is 10.1. The summed E-state index contributed by atoms with van der Waals surface area (Å²) in [6, 6.07) is 0. The van der Waals surface area contributed by atoms with E-state index in [2.05, 4.69) is 13.8 Å². The second kappa shape index (κ2) is 8.98. The van der Waals surface area contributed by atoms with Crippen LogP contribution in [-0.4, -0.2) is 16.3 Å². The molecule has 62 valence electrons. The Morgan fingerprint density at radius 3 is 1.80 bits per heavy atom. The van der Waals surface area contributed by atoms with Crippen LogP contribution in [0.3, 0.4) is 0 Å². The highest BCUT2D eigenvalue weighted by Crippen LogP contribution is 1.98. The molecule has 0 fully saturated rings. The second-order valence-corrected chi connectivity index (χ2v) is 2.73. The van der Waals surface area contributed by atoms with E-state index in [4.69, 9.17) is 20.1 Å². The van der Waals surface area contributed by atoms with Gasteiger partial charge in [-0.2, -0.15) is 0 Å². The summed E-state index contributed by atoms with van der Waals surface area (Å²) < 4.78 is 8.70. The molecule has 0 amide bonds. The van der Waals surface area contributed by atoms with Crippen LogP contribution >= 0.6 is 8.25 Å². The van der Waals surface area contributed by atoms with Crippen LogP contribution in [0.4, 0.5) is 0 Å². The standard InChI is InChI=1S/C5H13N.HO3P/c1-5(2)3-4-6;1-4(2)3/h5H,3-4,6H2,1-2H3;(H-,1,2,3)/p+1. The Morgan fingerprint density at radius 2 is 1.80 bits per heavy atom. The fourth-order valence-corrected chi connectivity index (χ4v) is 0.333. The molecule has 0 aromatic rings. The minimum atomic E-state index is -2.87. The third-order valence-corrected chi connectivity index (χ3v) is 0.744. The molecule has 0 bridgehead atoms. The molecule has 0 aromatic heterocycles. The first-order valence-electron chi connectivity index (χ1n) is 3.05. The Labute approximate surface area is 62.0 Å². The van der Waals surface area contributed by atoms with Crippen molar-refractivity contribution in [3.63, 3.8) is 0 Å². The summed E-state index contributed by atoms with van der Waals surface area (Å²) in [6.45, 7) is 5.18. The van der Waals surface area contributed by atoms with Crippen LogP contribution in [-0.2, 0) is 4.57 Å². The quantitative estimate of drug-likeness (QED) is 0.528.